The van der Waals surface area contributed by atoms with E-state index in [2.05, 4.69) is 16.0 Å². The summed E-state index contributed by atoms with van der Waals surface area (Å²) in [6, 6.07) is 9.50. The molecule has 2 heterocycles. The first kappa shape index (κ1) is 13.3. The Kier molecular flexibility index (Phi) is 3.80. The Morgan fingerprint density at radius 2 is 2.15 bits per heavy atom. The minimum absolute atomic E-state index is 0.360. The van der Waals surface area contributed by atoms with Gasteiger partial charge in [-0.15, -0.1) is 0 Å². The fraction of sp³-hybridized carbons (Fsp3) is 0.143. The van der Waals surface area contributed by atoms with Crippen LogP contribution in [0.15, 0.2) is 41.1 Å². The average Bonchev–Trinajstić information content (AvgIpc) is 2.44. The van der Waals surface area contributed by atoms with Crippen molar-refractivity contribution in [3.05, 3.63) is 46.6 Å². The van der Waals surface area contributed by atoms with Gasteiger partial charge in [0.05, 0.1) is 0 Å². The van der Waals surface area contributed by atoms with Gasteiger partial charge in [-0.05, 0) is 17.7 Å². The molecule has 0 fully saturated rings. The molecule has 1 aliphatic heterocycles. The molecular weight excluding hydrogens is 294 g/mol. The molecule has 3 rings (SSSR count). The monoisotopic (exact) mass is 305 g/mol. The number of halogens is 1. The van der Waals surface area contributed by atoms with Crippen molar-refractivity contribution >= 4 is 35.3 Å². The molecule has 2 aromatic rings. The van der Waals surface area contributed by atoms with Gasteiger partial charge in [0.15, 0.2) is 5.16 Å². The summed E-state index contributed by atoms with van der Waals surface area (Å²) in [6.07, 6.45) is 2.14. The molecule has 0 saturated carbocycles. The van der Waals surface area contributed by atoms with Gasteiger partial charge in [-0.25, -0.2) is 9.97 Å². The number of ether oxygens (including phenoxy) is 1. The second-order valence-corrected chi connectivity index (χ2v) is 5.65. The summed E-state index contributed by atoms with van der Waals surface area (Å²) in [7, 11) is 0. The Hall–Kier alpha value is -1.72. The van der Waals surface area contributed by atoms with Gasteiger partial charge in [0.25, 0.3) is 0 Å². The van der Waals surface area contributed by atoms with Gasteiger partial charge in [0, 0.05) is 17.4 Å². The summed E-state index contributed by atoms with van der Waals surface area (Å²) >= 11 is 7.35. The molecule has 0 amide bonds. The molecule has 1 aliphatic rings. The Balaban J connectivity index is 1.72. The quantitative estimate of drug-likeness (QED) is 0.536. The summed E-state index contributed by atoms with van der Waals surface area (Å²) in [6.45, 7) is 0.583. The molecule has 102 valence electrons. The molecule has 20 heavy (non-hydrogen) atoms. The Morgan fingerprint density at radius 3 is 3.00 bits per heavy atom. The van der Waals surface area contributed by atoms with Crippen LogP contribution in [0.5, 0.6) is 5.75 Å². The Labute approximate surface area is 126 Å². The number of anilines is 1. The van der Waals surface area contributed by atoms with Crippen molar-refractivity contribution in [2.24, 2.45) is 0 Å². The van der Waals surface area contributed by atoms with E-state index in [1.54, 1.807) is 0 Å². The van der Waals surface area contributed by atoms with Crippen molar-refractivity contribution in [1.82, 2.24) is 9.97 Å². The maximum Gasteiger partial charge on any atom is 0.191 e. The fourth-order valence-corrected chi connectivity index (χ4v) is 2.94. The molecule has 0 spiro atoms. The Bertz CT molecular complexity index is 655. The third-order valence-electron chi connectivity index (χ3n) is 2.77. The van der Waals surface area contributed by atoms with Gasteiger partial charge in [0.1, 0.15) is 23.3 Å². The van der Waals surface area contributed by atoms with Crippen LogP contribution in [0, 0.1) is 0 Å². The van der Waals surface area contributed by atoms with Crippen LogP contribution in [-0.2, 0) is 0 Å². The molecule has 0 radical (unpaired) electrons. The molecule has 6 heteroatoms. The van der Waals surface area contributed by atoms with Gasteiger partial charge < -0.3 is 10.5 Å². The second kappa shape index (κ2) is 5.73. The van der Waals surface area contributed by atoms with E-state index in [1.165, 1.54) is 23.4 Å². The van der Waals surface area contributed by atoms with E-state index in [0.29, 0.717) is 22.7 Å². The van der Waals surface area contributed by atoms with E-state index in [1.807, 2.05) is 24.3 Å². The predicted octanol–water partition coefficient (Wildman–Crippen LogP) is 3.28. The molecule has 1 aromatic carbocycles. The summed E-state index contributed by atoms with van der Waals surface area (Å²) in [5.41, 5.74) is 7.92. The van der Waals surface area contributed by atoms with Crippen molar-refractivity contribution in [3.8, 4) is 5.75 Å². The molecule has 1 aromatic heterocycles. The lowest BCUT2D eigenvalue weighted by Crippen LogP contribution is -2.09. The number of benzene rings is 1. The maximum absolute atomic E-state index is 5.85. The number of hydrogen-bond donors (Lipinski definition) is 1. The Morgan fingerprint density at radius 1 is 1.30 bits per heavy atom. The normalized spacial score (nSPS) is 13.3. The van der Waals surface area contributed by atoms with Gasteiger partial charge in [-0.3, -0.25) is 0 Å². The molecule has 2 N–H and O–H groups in total. The van der Waals surface area contributed by atoms with Gasteiger partial charge in [-0.2, -0.15) is 0 Å². The van der Waals surface area contributed by atoms with Crippen molar-refractivity contribution in [2.45, 2.75) is 5.16 Å². The van der Waals surface area contributed by atoms with E-state index in [0.717, 1.165) is 17.1 Å². The summed E-state index contributed by atoms with van der Waals surface area (Å²) in [5, 5.41) is 0.939. The van der Waals surface area contributed by atoms with E-state index < -0.39 is 0 Å². The van der Waals surface area contributed by atoms with Crippen molar-refractivity contribution in [3.63, 3.8) is 0 Å². The molecule has 0 unspecified atom stereocenters. The van der Waals surface area contributed by atoms with Crippen LogP contribution in [0.25, 0.3) is 6.08 Å². The van der Waals surface area contributed by atoms with Crippen LogP contribution in [-0.4, -0.2) is 22.3 Å². The molecule has 0 bridgehead atoms. The highest BCUT2D eigenvalue weighted by Gasteiger charge is 2.11. The van der Waals surface area contributed by atoms with E-state index in [4.69, 9.17) is 22.1 Å². The number of para-hydroxylation sites is 1. The highest BCUT2D eigenvalue weighted by molar-refractivity contribution is 7.99. The van der Waals surface area contributed by atoms with Crippen molar-refractivity contribution < 1.29 is 4.74 Å². The van der Waals surface area contributed by atoms with Crippen LogP contribution < -0.4 is 10.5 Å². The molecule has 4 nitrogen and oxygen atoms in total. The topological polar surface area (TPSA) is 61.0 Å². The molecule has 0 aliphatic carbocycles. The highest BCUT2D eigenvalue weighted by Crippen LogP contribution is 2.28. The third-order valence-corrected chi connectivity index (χ3v) is 3.92. The predicted molar refractivity (Wildman–Crippen MR) is 82.1 cm³/mol. The number of thioether (sulfide) groups is 1. The van der Waals surface area contributed by atoms with Crippen LogP contribution in [0.2, 0.25) is 5.15 Å². The first-order valence-electron chi connectivity index (χ1n) is 6.05. The zero-order valence-electron chi connectivity index (χ0n) is 10.5. The lowest BCUT2D eigenvalue weighted by atomic mass is 10.1. The number of nitrogens with zero attached hydrogens (tertiary/aromatic N) is 2. The summed E-state index contributed by atoms with van der Waals surface area (Å²) in [5.74, 6) is 2.05. The third kappa shape index (κ3) is 3.05. The number of nitrogen functional groups attached to an aromatic ring is 1. The minimum Gasteiger partial charge on any atom is -0.489 e. The van der Waals surface area contributed by atoms with Crippen LogP contribution >= 0.6 is 23.4 Å². The van der Waals surface area contributed by atoms with Crippen molar-refractivity contribution in [2.75, 3.05) is 18.1 Å². The SMILES string of the molecule is Nc1cc(Cl)nc(SCC2=Cc3ccccc3OC2)n1. The highest BCUT2D eigenvalue weighted by atomic mass is 35.5. The summed E-state index contributed by atoms with van der Waals surface area (Å²) < 4.78 is 5.70. The lowest BCUT2D eigenvalue weighted by molar-refractivity contribution is 0.348. The number of rotatable bonds is 3. The van der Waals surface area contributed by atoms with E-state index >= 15 is 0 Å². The van der Waals surface area contributed by atoms with Gasteiger partial charge >= 0.3 is 0 Å². The smallest absolute Gasteiger partial charge is 0.191 e. The summed E-state index contributed by atoms with van der Waals surface area (Å²) in [4.78, 5) is 8.27. The van der Waals surface area contributed by atoms with E-state index in [-0.39, 0.29) is 0 Å². The molecular formula is C14H12ClN3OS. The number of nitrogens with two attached hydrogens (primary N) is 1. The molecule has 0 saturated heterocycles. The number of aromatic nitrogens is 2. The second-order valence-electron chi connectivity index (χ2n) is 4.32. The van der Waals surface area contributed by atoms with Gasteiger partial charge in [0.2, 0.25) is 0 Å². The van der Waals surface area contributed by atoms with Crippen LogP contribution in [0.4, 0.5) is 5.82 Å². The van der Waals surface area contributed by atoms with E-state index in [9.17, 15) is 0 Å². The molecule has 0 atom stereocenters. The largest absolute Gasteiger partial charge is 0.489 e. The zero-order chi connectivity index (χ0) is 13.9. The maximum atomic E-state index is 5.85. The first-order valence-corrected chi connectivity index (χ1v) is 7.41. The van der Waals surface area contributed by atoms with Crippen LogP contribution in [0.3, 0.4) is 0 Å². The first-order chi connectivity index (χ1) is 9.70. The van der Waals surface area contributed by atoms with Gasteiger partial charge in [-0.1, -0.05) is 41.6 Å². The zero-order valence-corrected chi connectivity index (χ0v) is 12.1. The van der Waals surface area contributed by atoms with Crippen LogP contribution in [0.1, 0.15) is 5.56 Å². The fourth-order valence-electron chi connectivity index (χ4n) is 1.88. The minimum atomic E-state index is 0.360. The lowest BCUT2D eigenvalue weighted by Gasteiger charge is -2.17. The number of hydrogen-bond acceptors (Lipinski definition) is 5. The van der Waals surface area contributed by atoms with Crippen molar-refractivity contribution in [1.29, 1.82) is 0 Å². The average molecular weight is 306 g/mol. The standard InChI is InChI=1S/C14H12ClN3OS/c15-12-6-13(16)18-14(17-12)20-8-9-5-10-3-1-2-4-11(10)19-7-9/h1-6H,7-8H2,(H2,16,17,18). The number of fused-ring (bicyclic) bond motifs is 1.